The first-order chi connectivity index (χ1) is 8.74. The van der Waals surface area contributed by atoms with Gasteiger partial charge in [0.15, 0.2) is 0 Å². The fourth-order valence-electron chi connectivity index (χ4n) is 2.02. The molecule has 0 spiro atoms. The summed E-state index contributed by atoms with van der Waals surface area (Å²) in [6, 6.07) is -0.0125. The van der Waals surface area contributed by atoms with Crippen LogP contribution in [0.1, 0.15) is 60.3 Å². The van der Waals surface area contributed by atoms with Crippen molar-refractivity contribution in [2.24, 2.45) is 5.92 Å². The van der Waals surface area contributed by atoms with Crippen LogP contribution in [-0.2, 0) is 20.9 Å². The van der Waals surface area contributed by atoms with Gasteiger partial charge in [-0.05, 0) is 39.5 Å². The van der Waals surface area contributed by atoms with Gasteiger partial charge in [-0.25, -0.2) is 0 Å². The standard InChI is InChI=1S/C14H27NO3S/c1-6-10(2)9-11(12-7-8-13(16)18-12)15-19(17)14(3,4)5/h10-12,15H,6-9H2,1-5H3/t10-,11-,12+,19?/m1/s1. The second-order valence-electron chi connectivity index (χ2n) is 6.42. The number of hydrogen-bond donors (Lipinski definition) is 1. The average Bonchev–Trinajstić information content (AvgIpc) is 2.73. The first-order valence-electron chi connectivity index (χ1n) is 7.11. The maximum absolute atomic E-state index is 12.2. The number of rotatable bonds is 6. The highest BCUT2D eigenvalue weighted by Gasteiger charge is 2.37. The van der Waals surface area contributed by atoms with Gasteiger partial charge in [0.1, 0.15) is 10.9 Å². The molecule has 1 unspecified atom stereocenters. The molecule has 4 atom stereocenters. The molecule has 0 aromatic heterocycles. The molecule has 1 rings (SSSR count). The Kier molecular flexibility index (Phi) is 6.15. The second kappa shape index (κ2) is 6.95. The van der Waals surface area contributed by atoms with Crippen molar-refractivity contribution in [3.63, 3.8) is 0 Å². The van der Waals surface area contributed by atoms with Crippen molar-refractivity contribution in [3.05, 3.63) is 0 Å². The third-order valence-electron chi connectivity index (χ3n) is 3.53. The molecule has 1 N–H and O–H groups in total. The second-order valence-corrected chi connectivity index (χ2v) is 8.42. The molecule has 0 bridgehead atoms. The summed E-state index contributed by atoms with van der Waals surface area (Å²) in [6.45, 7) is 10.1. The van der Waals surface area contributed by atoms with Crippen LogP contribution in [0, 0.1) is 5.92 Å². The first-order valence-corrected chi connectivity index (χ1v) is 8.26. The van der Waals surface area contributed by atoms with Crippen LogP contribution in [0.5, 0.6) is 0 Å². The van der Waals surface area contributed by atoms with E-state index in [-0.39, 0.29) is 22.9 Å². The minimum atomic E-state index is -1.13. The summed E-state index contributed by atoms with van der Waals surface area (Å²) in [7, 11) is 0. The largest absolute Gasteiger partial charge is 0.598 e. The third-order valence-corrected chi connectivity index (χ3v) is 5.16. The maximum atomic E-state index is 12.2. The summed E-state index contributed by atoms with van der Waals surface area (Å²) in [5, 5.41) is 0. The molecule has 1 heterocycles. The molecule has 0 aliphatic carbocycles. The Morgan fingerprint density at radius 1 is 1.53 bits per heavy atom. The van der Waals surface area contributed by atoms with E-state index in [9.17, 15) is 9.35 Å². The van der Waals surface area contributed by atoms with E-state index in [4.69, 9.17) is 4.74 Å². The summed E-state index contributed by atoms with van der Waals surface area (Å²) < 4.78 is 20.5. The van der Waals surface area contributed by atoms with E-state index < -0.39 is 11.4 Å². The Bertz CT molecular complexity index is 304. The molecule has 1 fully saturated rings. The molecule has 0 radical (unpaired) electrons. The van der Waals surface area contributed by atoms with Gasteiger partial charge in [-0.2, -0.15) is 0 Å². The molecule has 0 aromatic rings. The Hall–Kier alpha value is -0.260. The lowest BCUT2D eigenvalue weighted by Gasteiger charge is -2.31. The van der Waals surface area contributed by atoms with Crippen LogP contribution in [0.15, 0.2) is 0 Å². The quantitative estimate of drug-likeness (QED) is 0.603. The van der Waals surface area contributed by atoms with Crippen LogP contribution in [0.3, 0.4) is 0 Å². The van der Waals surface area contributed by atoms with Gasteiger partial charge in [0, 0.05) is 17.8 Å². The monoisotopic (exact) mass is 289 g/mol. The molecule has 19 heavy (non-hydrogen) atoms. The predicted octanol–water partition coefficient (Wildman–Crippen LogP) is 2.55. The lowest BCUT2D eigenvalue weighted by Crippen LogP contribution is -2.49. The van der Waals surface area contributed by atoms with Gasteiger partial charge in [0.2, 0.25) is 0 Å². The summed E-state index contributed by atoms with van der Waals surface area (Å²) in [5.41, 5.74) is 0. The van der Waals surface area contributed by atoms with Crippen LogP contribution in [-0.4, -0.2) is 27.4 Å². The van der Waals surface area contributed by atoms with Gasteiger partial charge < -0.3 is 9.29 Å². The van der Waals surface area contributed by atoms with E-state index in [0.717, 1.165) is 19.3 Å². The number of hydrogen-bond acceptors (Lipinski definition) is 4. The van der Waals surface area contributed by atoms with Crippen LogP contribution < -0.4 is 4.72 Å². The topological polar surface area (TPSA) is 61.4 Å². The summed E-state index contributed by atoms with van der Waals surface area (Å²) in [6.07, 6.45) is 3.03. The minimum Gasteiger partial charge on any atom is -0.598 e. The maximum Gasteiger partial charge on any atom is 0.306 e. The molecular formula is C14H27NO3S. The van der Waals surface area contributed by atoms with Gasteiger partial charge in [-0.3, -0.25) is 4.79 Å². The highest BCUT2D eigenvalue weighted by Crippen LogP contribution is 2.25. The average molecular weight is 289 g/mol. The number of esters is 1. The van der Waals surface area contributed by atoms with Crippen molar-refractivity contribution in [1.29, 1.82) is 0 Å². The number of carbonyl (C=O) groups excluding carboxylic acids is 1. The Morgan fingerprint density at radius 2 is 2.16 bits per heavy atom. The zero-order valence-corrected chi connectivity index (χ0v) is 13.5. The molecule has 0 amide bonds. The molecule has 1 saturated heterocycles. The molecular weight excluding hydrogens is 262 g/mol. The highest BCUT2D eigenvalue weighted by atomic mass is 32.2. The Labute approximate surface area is 120 Å². The fraction of sp³-hybridized carbons (Fsp3) is 0.929. The van der Waals surface area contributed by atoms with Crippen LogP contribution >= 0.6 is 0 Å². The van der Waals surface area contributed by atoms with E-state index in [1.807, 2.05) is 20.8 Å². The van der Waals surface area contributed by atoms with E-state index in [2.05, 4.69) is 18.6 Å². The summed E-state index contributed by atoms with van der Waals surface area (Å²) in [5.74, 6) is 0.385. The molecule has 0 aromatic carbocycles. The zero-order chi connectivity index (χ0) is 14.6. The molecule has 112 valence electrons. The molecule has 1 aliphatic heterocycles. The normalized spacial score (nSPS) is 24.9. The minimum absolute atomic E-state index is 0.0125. The number of cyclic esters (lactones) is 1. The number of ether oxygens (including phenoxy) is 1. The fourth-order valence-corrected chi connectivity index (χ4v) is 2.90. The summed E-state index contributed by atoms with van der Waals surface area (Å²) >= 11 is -1.13. The van der Waals surface area contributed by atoms with Crippen molar-refractivity contribution < 1.29 is 14.1 Å². The predicted molar refractivity (Wildman–Crippen MR) is 78.0 cm³/mol. The molecule has 1 aliphatic rings. The number of nitrogens with one attached hydrogen (secondary N) is 1. The lowest BCUT2D eigenvalue weighted by molar-refractivity contribution is -0.142. The van der Waals surface area contributed by atoms with Gasteiger partial charge in [-0.1, -0.05) is 20.3 Å². The lowest BCUT2D eigenvalue weighted by atomic mass is 9.95. The van der Waals surface area contributed by atoms with Crippen molar-refractivity contribution in [1.82, 2.24) is 4.72 Å². The van der Waals surface area contributed by atoms with Gasteiger partial charge in [-0.15, -0.1) is 4.72 Å². The van der Waals surface area contributed by atoms with Crippen molar-refractivity contribution in [3.8, 4) is 0 Å². The van der Waals surface area contributed by atoms with Crippen LogP contribution in [0.25, 0.3) is 0 Å². The van der Waals surface area contributed by atoms with Gasteiger partial charge in [0.25, 0.3) is 0 Å². The third kappa shape index (κ3) is 5.32. The van der Waals surface area contributed by atoms with Crippen molar-refractivity contribution >= 4 is 17.3 Å². The van der Waals surface area contributed by atoms with Crippen LogP contribution in [0.2, 0.25) is 0 Å². The first kappa shape index (κ1) is 16.8. The van der Waals surface area contributed by atoms with E-state index in [1.54, 1.807) is 0 Å². The Balaban J connectivity index is 2.66. The van der Waals surface area contributed by atoms with E-state index in [1.165, 1.54) is 0 Å². The smallest absolute Gasteiger partial charge is 0.306 e. The van der Waals surface area contributed by atoms with E-state index in [0.29, 0.717) is 12.3 Å². The molecule has 5 heteroatoms. The summed E-state index contributed by atoms with van der Waals surface area (Å²) in [4.78, 5) is 11.3. The number of carbonyl (C=O) groups is 1. The SMILES string of the molecule is CC[C@@H](C)C[C@@H](N[S+]([O-])C(C)(C)C)[C@@H]1CCC(=O)O1. The van der Waals surface area contributed by atoms with Gasteiger partial charge >= 0.3 is 5.97 Å². The molecule has 4 nitrogen and oxygen atoms in total. The van der Waals surface area contributed by atoms with Crippen LogP contribution in [0.4, 0.5) is 0 Å². The van der Waals surface area contributed by atoms with Crippen molar-refractivity contribution in [2.75, 3.05) is 0 Å². The Morgan fingerprint density at radius 3 is 2.58 bits per heavy atom. The molecule has 0 saturated carbocycles. The van der Waals surface area contributed by atoms with E-state index >= 15 is 0 Å². The zero-order valence-electron chi connectivity index (χ0n) is 12.7. The highest BCUT2D eigenvalue weighted by molar-refractivity contribution is 7.90. The van der Waals surface area contributed by atoms with Gasteiger partial charge in [0.05, 0.1) is 6.04 Å². The van der Waals surface area contributed by atoms with Crippen molar-refractivity contribution in [2.45, 2.75) is 77.2 Å².